The third-order valence-corrected chi connectivity index (χ3v) is 5.55. The van der Waals surface area contributed by atoms with E-state index >= 15 is 0 Å². The van der Waals surface area contributed by atoms with Crippen LogP contribution in [0, 0.1) is 12.8 Å². The molecular formula is C14H24ClN3S. The maximum Gasteiger partial charge on any atom is 0.0847 e. The highest BCUT2D eigenvalue weighted by atomic mass is 35.5. The molecule has 1 saturated heterocycles. The summed E-state index contributed by atoms with van der Waals surface area (Å²) in [6.45, 7) is 8.20. The normalized spacial score (nSPS) is 20.9. The van der Waals surface area contributed by atoms with Crippen LogP contribution in [0.3, 0.4) is 0 Å². The molecule has 0 saturated carbocycles. The minimum atomic E-state index is 0.527. The van der Waals surface area contributed by atoms with Crippen LogP contribution in [-0.2, 0) is 13.0 Å². The van der Waals surface area contributed by atoms with Gasteiger partial charge in [-0.1, -0.05) is 18.5 Å². The van der Waals surface area contributed by atoms with Crippen LogP contribution in [0.4, 0.5) is 0 Å². The summed E-state index contributed by atoms with van der Waals surface area (Å²) in [4.78, 5) is 0. The topological polar surface area (TPSA) is 29.9 Å². The molecule has 0 amide bonds. The van der Waals surface area contributed by atoms with Crippen LogP contribution in [0.2, 0.25) is 5.02 Å². The summed E-state index contributed by atoms with van der Waals surface area (Å²) in [5.41, 5.74) is 2.15. The lowest BCUT2D eigenvalue weighted by atomic mass is 9.94. The smallest absolute Gasteiger partial charge is 0.0847 e. The zero-order valence-corrected chi connectivity index (χ0v) is 13.7. The van der Waals surface area contributed by atoms with E-state index in [1.54, 1.807) is 0 Å². The van der Waals surface area contributed by atoms with Gasteiger partial charge in [0.05, 0.1) is 16.4 Å². The Balaban J connectivity index is 2.16. The first kappa shape index (κ1) is 15.2. The van der Waals surface area contributed by atoms with Crippen LogP contribution in [0.25, 0.3) is 0 Å². The molecule has 1 fully saturated rings. The summed E-state index contributed by atoms with van der Waals surface area (Å²) in [5, 5.41) is 9.02. The highest BCUT2D eigenvalue weighted by Crippen LogP contribution is 2.30. The molecule has 1 aliphatic heterocycles. The molecule has 0 radical (unpaired) electrons. The average Bonchev–Trinajstić information content (AvgIpc) is 3.01. The van der Waals surface area contributed by atoms with Gasteiger partial charge in [0.1, 0.15) is 0 Å². The Labute approximate surface area is 125 Å². The maximum absolute atomic E-state index is 6.43. The monoisotopic (exact) mass is 301 g/mol. The van der Waals surface area contributed by atoms with Crippen LogP contribution in [0.15, 0.2) is 0 Å². The molecule has 0 aliphatic carbocycles. The second-order valence-electron chi connectivity index (χ2n) is 5.15. The van der Waals surface area contributed by atoms with Crippen molar-refractivity contribution < 1.29 is 0 Å². The Morgan fingerprint density at radius 1 is 1.53 bits per heavy atom. The number of aromatic nitrogens is 2. The van der Waals surface area contributed by atoms with Crippen molar-refractivity contribution in [3.63, 3.8) is 0 Å². The number of hydrogen-bond donors (Lipinski definition) is 1. The fraction of sp³-hybridized carbons (Fsp3) is 0.786. The van der Waals surface area contributed by atoms with Crippen molar-refractivity contribution in [3.05, 3.63) is 16.4 Å². The van der Waals surface area contributed by atoms with E-state index in [1.165, 1.54) is 23.6 Å². The molecule has 2 rings (SSSR count). The van der Waals surface area contributed by atoms with Gasteiger partial charge in [0.15, 0.2) is 0 Å². The lowest BCUT2D eigenvalue weighted by molar-refractivity contribution is 0.378. The summed E-state index contributed by atoms with van der Waals surface area (Å²) in [6.07, 6.45) is 2.31. The first-order valence-corrected chi connectivity index (χ1v) is 8.73. The van der Waals surface area contributed by atoms with Gasteiger partial charge < -0.3 is 5.32 Å². The van der Waals surface area contributed by atoms with Crippen LogP contribution in [0.1, 0.15) is 31.7 Å². The number of likely N-dealkylation sites (N-methyl/N-ethyl adjacent to an activating group) is 1. The van der Waals surface area contributed by atoms with E-state index in [0.29, 0.717) is 6.04 Å². The van der Waals surface area contributed by atoms with Gasteiger partial charge in [0.2, 0.25) is 0 Å². The van der Waals surface area contributed by atoms with Crippen molar-refractivity contribution in [2.75, 3.05) is 18.1 Å². The molecule has 1 aliphatic rings. The van der Waals surface area contributed by atoms with Crippen molar-refractivity contribution in [2.24, 2.45) is 5.92 Å². The molecule has 1 aromatic rings. The van der Waals surface area contributed by atoms with Gasteiger partial charge in [-0.15, -0.1) is 0 Å². The van der Waals surface area contributed by atoms with Crippen molar-refractivity contribution >= 4 is 23.4 Å². The number of nitrogens with one attached hydrogen (secondary N) is 1. The molecule has 0 aromatic carbocycles. The van der Waals surface area contributed by atoms with E-state index in [0.717, 1.165) is 36.1 Å². The maximum atomic E-state index is 6.43. The second kappa shape index (κ2) is 7.00. The molecular weight excluding hydrogens is 278 g/mol. The summed E-state index contributed by atoms with van der Waals surface area (Å²) in [6, 6.07) is 0.527. The molecule has 2 unspecified atom stereocenters. The van der Waals surface area contributed by atoms with Crippen LogP contribution >= 0.6 is 23.4 Å². The third-order valence-electron chi connectivity index (χ3n) is 3.87. The fourth-order valence-electron chi connectivity index (χ4n) is 2.81. The van der Waals surface area contributed by atoms with E-state index < -0.39 is 0 Å². The van der Waals surface area contributed by atoms with Gasteiger partial charge in [-0.3, -0.25) is 4.68 Å². The number of rotatable bonds is 6. The van der Waals surface area contributed by atoms with E-state index in [2.05, 4.69) is 40.7 Å². The summed E-state index contributed by atoms with van der Waals surface area (Å²) in [5.74, 6) is 3.34. The minimum absolute atomic E-state index is 0.527. The molecule has 5 heteroatoms. The van der Waals surface area contributed by atoms with E-state index in [9.17, 15) is 0 Å². The highest BCUT2D eigenvalue weighted by Gasteiger charge is 2.27. The molecule has 19 heavy (non-hydrogen) atoms. The average molecular weight is 302 g/mol. The Morgan fingerprint density at radius 3 is 2.89 bits per heavy atom. The first-order chi connectivity index (χ1) is 9.17. The van der Waals surface area contributed by atoms with Crippen molar-refractivity contribution in [3.8, 4) is 0 Å². The number of thioether (sulfide) groups is 1. The molecule has 2 atom stereocenters. The molecule has 2 heterocycles. The van der Waals surface area contributed by atoms with Gasteiger partial charge in [0, 0.05) is 19.0 Å². The Morgan fingerprint density at radius 2 is 2.32 bits per heavy atom. The SMILES string of the molecule is CCNC(Cc1c(Cl)c(C)nn1CC)C1CCSC1. The van der Waals surface area contributed by atoms with Crippen molar-refractivity contribution in [1.82, 2.24) is 15.1 Å². The zero-order valence-electron chi connectivity index (χ0n) is 12.1. The van der Waals surface area contributed by atoms with Crippen LogP contribution in [-0.4, -0.2) is 33.9 Å². The lowest BCUT2D eigenvalue weighted by Gasteiger charge is -2.24. The molecule has 1 aromatic heterocycles. The molecule has 108 valence electrons. The standard InChI is InChI=1S/C14H24ClN3S/c1-4-16-12(11-6-7-19-9-11)8-13-14(15)10(3)17-18(13)5-2/h11-12,16H,4-9H2,1-3H3. The number of halogens is 1. The number of nitrogens with zero attached hydrogens (tertiary/aromatic N) is 2. The van der Waals surface area contributed by atoms with E-state index in [1.807, 2.05) is 6.92 Å². The van der Waals surface area contributed by atoms with Crippen molar-refractivity contribution in [2.45, 2.75) is 46.2 Å². The van der Waals surface area contributed by atoms with Gasteiger partial charge in [-0.05, 0) is 44.2 Å². The first-order valence-electron chi connectivity index (χ1n) is 7.20. The Hall–Kier alpha value is -0.190. The quantitative estimate of drug-likeness (QED) is 0.875. The van der Waals surface area contributed by atoms with Gasteiger partial charge in [-0.25, -0.2) is 0 Å². The van der Waals surface area contributed by atoms with Crippen molar-refractivity contribution in [1.29, 1.82) is 0 Å². The summed E-state index contributed by atoms with van der Waals surface area (Å²) in [7, 11) is 0. The number of hydrogen-bond acceptors (Lipinski definition) is 3. The Kier molecular flexibility index (Phi) is 5.60. The molecule has 3 nitrogen and oxygen atoms in total. The lowest BCUT2D eigenvalue weighted by Crippen LogP contribution is -2.38. The fourth-order valence-corrected chi connectivity index (χ4v) is 4.36. The summed E-state index contributed by atoms with van der Waals surface area (Å²) < 4.78 is 2.06. The predicted molar refractivity (Wildman–Crippen MR) is 84.2 cm³/mol. The summed E-state index contributed by atoms with van der Waals surface area (Å²) >= 11 is 8.50. The number of aryl methyl sites for hydroxylation is 2. The zero-order chi connectivity index (χ0) is 13.8. The Bertz CT molecular complexity index is 413. The van der Waals surface area contributed by atoms with Crippen LogP contribution in [0.5, 0.6) is 0 Å². The van der Waals surface area contributed by atoms with Crippen LogP contribution < -0.4 is 5.32 Å². The van der Waals surface area contributed by atoms with E-state index in [4.69, 9.17) is 11.6 Å². The molecule has 0 bridgehead atoms. The molecule has 0 spiro atoms. The third kappa shape index (κ3) is 3.47. The van der Waals surface area contributed by atoms with Gasteiger partial charge >= 0.3 is 0 Å². The molecule has 1 N–H and O–H groups in total. The van der Waals surface area contributed by atoms with E-state index in [-0.39, 0.29) is 0 Å². The predicted octanol–water partition coefficient (Wildman–Crippen LogP) is 3.14. The largest absolute Gasteiger partial charge is 0.314 e. The minimum Gasteiger partial charge on any atom is -0.314 e. The van der Waals surface area contributed by atoms with Gasteiger partial charge in [-0.2, -0.15) is 16.9 Å². The second-order valence-corrected chi connectivity index (χ2v) is 6.68. The van der Waals surface area contributed by atoms with Gasteiger partial charge in [0.25, 0.3) is 0 Å². The highest BCUT2D eigenvalue weighted by molar-refractivity contribution is 7.99.